The molecule has 3 nitrogen and oxygen atoms in total. The van der Waals surface area contributed by atoms with E-state index in [9.17, 15) is 0 Å². The Balaban J connectivity index is 2.13. The molecule has 1 N–H and O–H groups in total. The fourth-order valence-electron chi connectivity index (χ4n) is 1.60. The summed E-state index contributed by atoms with van der Waals surface area (Å²) in [6.45, 7) is 5.10. The van der Waals surface area contributed by atoms with Crippen LogP contribution in [0, 0.1) is 0 Å². The van der Waals surface area contributed by atoms with Crippen molar-refractivity contribution in [3.05, 3.63) is 34.7 Å². The summed E-state index contributed by atoms with van der Waals surface area (Å²) < 4.78 is 5.23. The molecule has 1 heterocycles. The fraction of sp³-hybridized carbons (Fsp3) is 0.357. The first-order valence-electron chi connectivity index (χ1n) is 6.01. The number of benzene rings is 1. The molecule has 0 saturated heterocycles. The third-order valence-corrected chi connectivity index (χ3v) is 3.43. The first-order chi connectivity index (χ1) is 8.69. The van der Waals surface area contributed by atoms with Crippen molar-refractivity contribution in [1.82, 2.24) is 10.3 Å². The van der Waals surface area contributed by atoms with Gasteiger partial charge in [-0.05, 0) is 12.1 Å². The summed E-state index contributed by atoms with van der Waals surface area (Å²) in [6, 6.07) is 8.47. The van der Waals surface area contributed by atoms with Crippen LogP contribution in [0.25, 0.3) is 11.3 Å². The van der Waals surface area contributed by atoms with Crippen LogP contribution >= 0.6 is 11.3 Å². The molecular weight excluding hydrogens is 244 g/mol. The van der Waals surface area contributed by atoms with Gasteiger partial charge in [-0.1, -0.05) is 26.0 Å². The third kappa shape index (κ3) is 3.31. The molecule has 2 rings (SSSR count). The molecule has 0 saturated carbocycles. The van der Waals surface area contributed by atoms with Gasteiger partial charge in [0.25, 0.3) is 0 Å². The zero-order valence-electron chi connectivity index (χ0n) is 10.9. The van der Waals surface area contributed by atoms with E-state index in [1.165, 1.54) is 0 Å². The molecule has 0 spiro atoms. The van der Waals surface area contributed by atoms with Gasteiger partial charge in [0.05, 0.1) is 12.8 Å². The summed E-state index contributed by atoms with van der Waals surface area (Å²) in [5, 5.41) is 6.57. The van der Waals surface area contributed by atoms with Gasteiger partial charge >= 0.3 is 0 Å². The maximum absolute atomic E-state index is 5.23. The molecule has 1 aromatic carbocycles. The molecule has 0 aliphatic heterocycles. The first-order valence-corrected chi connectivity index (χ1v) is 6.89. The highest BCUT2D eigenvalue weighted by Gasteiger charge is 2.05. The summed E-state index contributed by atoms with van der Waals surface area (Å²) in [5.41, 5.74) is 2.11. The summed E-state index contributed by atoms with van der Waals surface area (Å²) in [7, 11) is 1.68. The van der Waals surface area contributed by atoms with Crippen LogP contribution in [0.3, 0.4) is 0 Å². The Morgan fingerprint density at radius 1 is 1.39 bits per heavy atom. The Morgan fingerprint density at radius 2 is 2.22 bits per heavy atom. The van der Waals surface area contributed by atoms with E-state index in [1.807, 2.05) is 18.2 Å². The predicted octanol–water partition coefficient (Wildman–Crippen LogP) is 3.32. The lowest BCUT2D eigenvalue weighted by Gasteiger charge is -2.04. The number of aromatic nitrogens is 1. The number of nitrogens with one attached hydrogen (secondary N) is 1. The van der Waals surface area contributed by atoms with E-state index in [0.29, 0.717) is 6.04 Å². The Hall–Kier alpha value is -1.39. The van der Waals surface area contributed by atoms with Gasteiger partial charge in [-0.3, -0.25) is 0 Å². The average Bonchev–Trinajstić information content (AvgIpc) is 2.85. The Kier molecular flexibility index (Phi) is 4.33. The lowest BCUT2D eigenvalue weighted by molar-refractivity contribution is 0.415. The fourth-order valence-corrected chi connectivity index (χ4v) is 2.35. The number of methoxy groups -OCH3 is 1. The van der Waals surface area contributed by atoms with E-state index in [1.54, 1.807) is 18.4 Å². The molecule has 0 amide bonds. The van der Waals surface area contributed by atoms with Crippen LogP contribution in [-0.4, -0.2) is 18.1 Å². The molecule has 96 valence electrons. The minimum atomic E-state index is 0.481. The normalized spacial score (nSPS) is 10.9. The summed E-state index contributed by atoms with van der Waals surface area (Å²) in [4.78, 5) is 4.63. The number of hydrogen-bond donors (Lipinski definition) is 1. The van der Waals surface area contributed by atoms with E-state index in [-0.39, 0.29) is 0 Å². The van der Waals surface area contributed by atoms with Crippen LogP contribution in [0.5, 0.6) is 5.75 Å². The average molecular weight is 262 g/mol. The topological polar surface area (TPSA) is 34.1 Å². The van der Waals surface area contributed by atoms with Gasteiger partial charge in [-0.15, -0.1) is 11.3 Å². The van der Waals surface area contributed by atoms with Gasteiger partial charge in [0, 0.05) is 23.5 Å². The summed E-state index contributed by atoms with van der Waals surface area (Å²) in [5.74, 6) is 0.863. The lowest BCUT2D eigenvalue weighted by atomic mass is 10.2. The van der Waals surface area contributed by atoms with E-state index in [2.05, 4.69) is 35.6 Å². The van der Waals surface area contributed by atoms with Gasteiger partial charge in [0.15, 0.2) is 0 Å². The van der Waals surface area contributed by atoms with Gasteiger partial charge in [-0.25, -0.2) is 4.98 Å². The molecule has 0 radical (unpaired) electrons. The van der Waals surface area contributed by atoms with Gasteiger partial charge in [0.1, 0.15) is 10.8 Å². The van der Waals surface area contributed by atoms with Crippen LogP contribution < -0.4 is 10.1 Å². The molecular formula is C14H18N2OS. The Bertz CT molecular complexity index is 508. The lowest BCUT2D eigenvalue weighted by Crippen LogP contribution is -2.21. The Morgan fingerprint density at radius 3 is 2.94 bits per heavy atom. The van der Waals surface area contributed by atoms with Crippen molar-refractivity contribution in [1.29, 1.82) is 0 Å². The van der Waals surface area contributed by atoms with Crippen LogP contribution in [0.1, 0.15) is 18.9 Å². The van der Waals surface area contributed by atoms with E-state index in [0.717, 1.165) is 28.6 Å². The molecule has 0 bridgehead atoms. The quantitative estimate of drug-likeness (QED) is 0.897. The Labute approximate surface area is 112 Å². The second kappa shape index (κ2) is 5.98. The number of ether oxygens (including phenoxy) is 1. The van der Waals surface area contributed by atoms with Crippen LogP contribution in [0.4, 0.5) is 0 Å². The summed E-state index contributed by atoms with van der Waals surface area (Å²) in [6.07, 6.45) is 0. The maximum atomic E-state index is 5.23. The van der Waals surface area contributed by atoms with Crippen molar-refractivity contribution in [2.45, 2.75) is 26.4 Å². The highest BCUT2D eigenvalue weighted by molar-refractivity contribution is 7.09. The van der Waals surface area contributed by atoms with Crippen molar-refractivity contribution in [2.24, 2.45) is 0 Å². The monoisotopic (exact) mass is 262 g/mol. The van der Waals surface area contributed by atoms with E-state index >= 15 is 0 Å². The standard InChI is InChI=1S/C14H18N2OS/c1-10(2)15-8-14-16-13(9-18-14)11-5-4-6-12(7-11)17-3/h4-7,9-10,15H,8H2,1-3H3. The smallest absolute Gasteiger partial charge is 0.119 e. The van der Waals surface area contributed by atoms with Gasteiger partial charge in [-0.2, -0.15) is 0 Å². The second-order valence-electron chi connectivity index (χ2n) is 4.39. The SMILES string of the molecule is COc1cccc(-c2csc(CNC(C)C)n2)c1. The molecule has 0 fully saturated rings. The van der Waals surface area contributed by atoms with Crippen molar-refractivity contribution < 1.29 is 4.74 Å². The van der Waals surface area contributed by atoms with Crippen molar-refractivity contribution in [3.8, 4) is 17.0 Å². The zero-order chi connectivity index (χ0) is 13.0. The number of nitrogens with zero attached hydrogens (tertiary/aromatic N) is 1. The molecule has 0 atom stereocenters. The highest BCUT2D eigenvalue weighted by atomic mass is 32.1. The van der Waals surface area contributed by atoms with Crippen molar-refractivity contribution >= 4 is 11.3 Å². The van der Waals surface area contributed by atoms with Crippen LogP contribution in [-0.2, 0) is 6.54 Å². The van der Waals surface area contributed by atoms with Crippen molar-refractivity contribution in [3.63, 3.8) is 0 Å². The number of rotatable bonds is 5. The van der Waals surface area contributed by atoms with E-state index in [4.69, 9.17) is 4.74 Å². The largest absolute Gasteiger partial charge is 0.497 e. The minimum Gasteiger partial charge on any atom is -0.497 e. The third-order valence-electron chi connectivity index (χ3n) is 2.58. The number of thiazole rings is 1. The molecule has 0 aliphatic rings. The molecule has 0 unspecified atom stereocenters. The first kappa shape index (κ1) is 13.1. The predicted molar refractivity (Wildman–Crippen MR) is 76.1 cm³/mol. The van der Waals surface area contributed by atoms with Gasteiger partial charge < -0.3 is 10.1 Å². The van der Waals surface area contributed by atoms with Crippen molar-refractivity contribution in [2.75, 3.05) is 7.11 Å². The highest BCUT2D eigenvalue weighted by Crippen LogP contribution is 2.25. The molecule has 18 heavy (non-hydrogen) atoms. The van der Waals surface area contributed by atoms with E-state index < -0.39 is 0 Å². The molecule has 1 aromatic heterocycles. The van der Waals surface area contributed by atoms with Crippen LogP contribution in [0.2, 0.25) is 0 Å². The van der Waals surface area contributed by atoms with Crippen LogP contribution in [0.15, 0.2) is 29.6 Å². The summed E-state index contributed by atoms with van der Waals surface area (Å²) >= 11 is 1.69. The zero-order valence-corrected chi connectivity index (χ0v) is 11.8. The second-order valence-corrected chi connectivity index (χ2v) is 5.34. The molecule has 2 aromatic rings. The molecule has 0 aliphatic carbocycles. The number of hydrogen-bond acceptors (Lipinski definition) is 4. The molecule has 4 heteroatoms. The maximum Gasteiger partial charge on any atom is 0.119 e. The van der Waals surface area contributed by atoms with Gasteiger partial charge in [0.2, 0.25) is 0 Å². The minimum absolute atomic E-state index is 0.481.